The first kappa shape index (κ1) is 11.5. The highest BCUT2D eigenvalue weighted by molar-refractivity contribution is 5.95. The summed E-state index contributed by atoms with van der Waals surface area (Å²) in [6, 6.07) is 9.56. The summed E-state index contributed by atoms with van der Waals surface area (Å²) in [6.45, 7) is 3.79. The second-order valence-corrected chi connectivity index (χ2v) is 4.02. The highest BCUT2D eigenvalue weighted by atomic mass is 16.1. The Morgan fingerprint density at radius 1 is 1.18 bits per heavy atom. The fourth-order valence-electron chi connectivity index (χ4n) is 1.68. The number of carbonyl (C=O) groups excluding carboxylic acids is 1. The molecule has 1 aromatic heterocycles. The second-order valence-electron chi connectivity index (χ2n) is 4.02. The van der Waals surface area contributed by atoms with Gasteiger partial charge in [0.05, 0.1) is 0 Å². The highest BCUT2D eigenvalue weighted by Crippen LogP contribution is 2.10. The normalized spacial score (nSPS) is 10.2. The first-order valence-electron chi connectivity index (χ1n) is 5.54. The van der Waals surface area contributed by atoms with Crippen LogP contribution in [0.2, 0.25) is 0 Å². The van der Waals surface area contributed by atoms with E-state index in [9.17, 15) is 4.79 Å². The van der Waals surface area contributed by atoms with Gasteiger partial charge in [0.1, 0.15) is 11.5 Å². The molecule has 0 unspecified atom stereocenters. The van der Waals surface area contributed by atoms with Crippen molar-refractivity contribution in [3.8, 4) is 0 Å². The third-order valence-corrected chi connectivity index (χ3v) is 2.67. The van der Waals surface area contributed by atoms with Gasteiger partial charge in [-0.25, -0.2) is 9.97 Å². The molecule has 0 radical (unpaired) electrons. The SMILES string of the molecule is Cc1nccc(C(=O)Cc2ccccc2C)n1. The highest BCUT2D eigenvalue weighted by Gasteiger charge is 2.10. The Balaban J connectivity index is 2.20. The first-order valence-corrected chi connectivity index (χ1v) is 5.54. The van der Waals surface area contributed by atoms with Crippen molar-refractivity contribution < 1.29 is 4.79 Å². The monoisotopic (exact) mass is 226 g/mol. The van der Waals surface area contributed by atoms with Crippen molar-refractivity contribution >= 4 is 5.78 Å². The minimum absolute atomic E-state index is 0.0322. The number of nitrogens with zero attached hydrogens (tertiary/aromatic N) is 2. The van der Waals surface area contributed by atoms with Crippen molar-refractivity contribution in [1.82, 2.24) is 9.97 Å². The molecule has 0 bridgehead atoms. The van der Waals surface area contributed by atoms with Crippen LogP contribution >= 0.6 is 0 Å². The Bertz CT molecular complexity index is 549. The summed E-state index contributed by atoms with van der Waals surface area (Å²) in [4.78, 5) is 20.2. The second kappa shape index (κ2) is 4.87. The molecule has 3 heteroatoms. The molecule has 0 amide bonds. The molecule has 3 nitrogen and oxygen atoms in total. The van der Waals surface area contributed by atoms with Gasteiger partial charge in [-0.2, -0.15) is 0 Å². The summed E-state index contributed by atoms with van der Waals surface area (Å²) in [7, 11) is 0. The van der Waals surface area contributed by atoms with Gasteiger partial charge in [0.25, 0.3) is 0 Å². The van der Waals surface area contributed by atoms with E-state index in [1.807, 2.05) is 31.2 Å². The van der Waals surface area contributed by atoms with Gasteiger partial charge in [-0.1, -0.05) is 24.3 Å². The number of benzene rings is 1. The number of aromatic nitrogens is 2. The van der Waals surface area contributed by atoms with E-state index in [0.29, 0.717) is 17.9 Å². The Kier molecular flexibility index (Phi) is 3.28. The lowest BCUT2D eigenvalue weighted by atomic mass is 10.0. The molecule has 17 heavy (non-hydrogen) atoms. The third kappa shape index (κ3) is 2.75. The molecule has 0 aliphatic heterocycles. The molecular formula is C14H14N2O. The number of hydrogen-bond donors (Lipinski definition) is 0. The molecule has 0 spiro atoms. The molecule has 0 fully saturated rings. The Morgan fingerprint density at radius 2 is 1.94 bits per heavy atom. The predicted molar refractivity (Wildman–Crippen MR) is 66.0 cm³/mol. The average molecular weight is 226 g/mol. The number of Topliss-reactive ketones (excluding diaryl/α,β-unsaturated/α-hetero) is 1. The Labute approximate surface area is 101 Å². The summed E-state index contributed by atoms with van der Waals surface area (Å²) in [5.41, 5.74) is 2.67. The van der Waals surface area contributed by atoms with Gasteiger partial charge in [-0.05, 0) is 31.0 Å². The van der Waals surface area contributed by atoms with Crippen molar-refractivity contribution in [2.45, 2.75) is 20.3 Å². The zero-order valence-corrected chi connectivity index (χ0v) is 9.97. The van der Waals surface area contributed by atoms with E-state index in [1.54, 1.807) is 19.2 Å². The van der Waals surface area contributed by atoms with Crippen LogP contribution in [-0.4, -0.2) is 15.8 Å². The van der Waals surface area contributed by atoms with Crippen LogP contribution in [0.1, 0.15) is 27.4 Å². The van der Waals surface area contributed by atoms with Gasteiger partial charge in [0.15, 0.2) is 5.78 Å². The van der Waals surface area contributed by atoms with E-state index in [1.165, 1.54) is 0 Å². The molecular weight excluding hydrogens is 212 g/mol. The van der Waals surface area contributed by atoms with Crippen molar-refractivity contribution in [2.24, 2.45) is 0 Å². The molecule has 0 aliphatic carbocycles. The van der Waals surface area contributed by atoms with E-state index in [0.717, 1.165) is 11.1 Å². The fraction of sp³-hybridized carbons (Fsp3) is 0.214. The summed E-state index contributed by atoms with van der Waals surface area (Å²) in [5.74, 6) is 0.658. The largest absolute Gasteiger partial charge is 0.292 e. The lowest BCUT2D eigenvalue weighted by molar-refractivity contribution is 0.0987. The zero-order chi connectivity index (χ0) is 12.3. The summed E-state index contributed by atoms with van der Waals surface area (Å²) >= 11 is 0. The number of rotatable bonds is 3. The smallest absolute Gasteiger partial charge is 0.185 e. The average Bonchev–Trinajstić information content (AvgIpc) is 2.32. The summed E-state index contributed by atoms with van der Waals surface area (Å²) in [5, 5.41) is 0. The lowest BCUT2D eigenvalue weighted by Gasteiger charge is -2.04. The van der Waals surface area contributed by atoms with Crippen LogP contribution in [0, 0.1) is 13.8 Å². The van der Waals surface area contributed by atoms with Gasteiger partial charge >= 0.3 is 0 Å². The first-order chi connectivity index (χ1) is 8.16. The van der Waals surface area contributed by atoms with Crippen LogP contribution in [0.15, 0.2) is 36.5 Å². The van der Waals surface area contributed by atoms with Crippen LogP contribution < -0.4 is 0 Å². The predicted octanol–water partition coefficient (Wildman–Crippen LogP) is 2.52. The van der Waals surface area contributed by atoms with Gasteiger partial charge in [-0.15, -0.1) is 0 Å². The molecule has 0 atom stereocenters. The maximum absolute atomic E-state index is 12.0. The van der Waals surface area contributed by atoms with Crippen molar-refractivity contribution in [3.63, 3.8) is 0 Å². The number of hydrogen-bond acceptors (Lipinski definition) is 3. The number of ketones is 1. The topological polar surface area (TPSA) is 42.9 Å². The Morgan fingerprint density at radius 3 is 2.65 bits per heavy atom. The van der Waals surface area contributed by atoms with E-state index in [4.69, 9.17) is 0 Å². The van der Waals surface area contributed by atoms with Gasteiger partial charge in [-0.3, -0.25) is 4.79 Å². The van der Waals surface area contributed by atoms with Gasteiger partial charge in [0, 0.05) is 12.6 Å². The number of aryl methyl sites for hydroxylation is 2. The number of carbonyl (C=O) groups is 1. The van der Waals surface area contributed by atoms with Gasteiger partial charge in [0.2, 0.25) is 0 Å². The Hall–Kier alpha value is -2.03. The van der Waals surface area contributed by atoms with Crippen LogP contribution in [-0.2, 0) is 6.42 Å². The molecule has 0 aliphatic rings. The maximum Gasteiger partial charge on any atom is 0.185 e. The molecule has 2 rings (SSSR count). The van der Waals surface area contributed by atoms with E-state index in [2.05, 4.69) is 9.97 Å². The molecule has 0 saturated heterocycles. The van der Waals surface area contributed by atoms with Crippen molar-refractivity contribution in [1.29, 1.82) is 0 Å². The van der Waals surface area contributed by atoms with Crippen LogP contribution in [0.5, 0.6) is 0 Å². The van der Waals surface area contributed by atoms with Crippen molar-refractivity contribution in [2.75, 3.05) is 0 Å². The molecule has 0 N–H and O–H groups in total. The minimum Gasteiger partial charge on any atom is -0.292 e. The van der Waals surface area contributed by atoms with Crippen LogP contribution in [0.25, 0.3) is 0 Å². The van der Waals surface area contributed by atoms with E-state index in [-0.39, 0.29) is 5.78 Å². The zero-order valence-electron chi connectivity index (χ0n) is 9.97. The standard InChI is InChI=1S/C14H14N2O/c1-10-5-3-4-6-12(10)9-14(17)13-7-8-15-11(2)16-13/h3-8H,9H2,1-2H3. The molecule has 86 valence electrons. The summed E-state index contributed by atoms with van der Waals surface area (Å²) < 4.78 is 0. The minimum atomic E-state index is 0.0322. The summed E-state index contributed by atoms with van der Waals surface area (Å²) in [6.07, 6.45) is 2.01. The quantitative estimate of drug-likeness (QED) is 0.755. The van der Waals surface area contributed by atoms with E-state index >= 15 is 0 Å². The third-order valence-electron chi connectivity index (χ3n) is 2.67. The molecule has 1 heterocycles. The fourth-order valence-corrected chi connectivity index (χ4v) is 1.68. The maximum atomic E-state index is 12.0. The molecule has 1 aromatic carbocycles. The van der Waals surface area contributed by atoms with Crippen molar-refractivity contribution in [3.05, 3.63) is 59.2 Å². The van der Waals surface area contributed by atoms with Gasteiger partial charge < -0.3 is 0 Å². The van der Waals surface area contributed by atoms with Crippen LogP contribution in [0.4, 0.5) is 0 Å². The van der Waals surface area contributed by atoms with Crippen LogP contribution in [0.3, 0.4) is 0 Å². The van der Waals surface area contributed by atoms with E-state index < -0.39 is 0 Å². The molecule has 0 saturated carbocycles. The molecule has 2 aromatic rings. The lowest BCUT2D eigenvalue weighted by Crippen LogP contribution is -2.08.